The van der Waals surface area contributed by atoms with Crippen molar-refractivity contribution in [3.8, 4) is 0 Å². The molecule has 80 valence electrons. The quantitative estimate of drug-likeness (QED) is 0.700. The van der Waals surface area contributed by atoms with Gasteiger partial charge in [0.05, 0.1) is 6.10 Å². The smallest absolute Gasteiger partial charge is 0.330 e. The van der Waals surface area contributed by atoms with Gasteiger partial charge in [-0.25, -0.2) is 4.79 Å². The molecule has 0 aromatic heterocycles. The number of esters is 1. The minimum absolute atomic E-state index is 0.0611. The lowest BCUT2D eigenvalue weighted by atomic mass is 10.3. The topological polar surface area (TPSA) is 38.7 Å². The molecule has 1 rings (SSSR count). The zero-order valence-corrected chi connectivity index (χ0v) is 10.3. The van der Waals surface area contributed by atoms with Crippen LogP contribution in [0.15, 0.2) is 4.99 Å². The zero-order valence-electron chi connectivity index (χ0n) is 8.65. The van der Waals surface area contributed by atoms with Gasteiger partial charge in [-0.3, -0.25) is 4.99 Å². The van der Waals surface area contributed by atoms with Crippen LogP contribution in [0.1, 0.15) is 20.8 Å². The Labute approximate surface area is 93.1 Å². The summed E-state index contributed by atoms with van der Waals surface area (Å²) in [7, 11) is 0. The fourth-order valence-corrected chi connectivity index (χ4v) is 3.23. The van der Waals surface area contributed by atoms with E-state index in [1.54, 1.807) is 30.4 Å². The van der Waals surface area contributed by atoms with Crippen molar-refractivity contribution in [3.05, 3.63) is 0 Å². The van der Waals surface area contributed by atoms with Crippen molar-refractivity contribution in [2.75, 3.05) is 11.5 Å². The predicted molar refractivity (Wildman–Crippen MR) is 63.0 cm³/mol. The Bertz CT molecular complexity index is 233. The molecule has 0 radical (unpaired) electrons. The lowest BCUT2D eigenvalue weighted by Gasteiger charge is -2.10. The number of hydrogen-bond donors (Lipinski definition) is 0. The van der Waals surface area contributed by atoms with Gasteiger partial charge >= 0.3 is 5.97 Å². The molecule has 1 atom stereocenters. The molecule has 1 aliphatic rings. The summed E-state index contributed by atoms with van der Waals surface area (Å²) in [6.45, 7) is 5.46. The fourth-order valence-electron chi connectivity index (χ4n) is 0.916. The van der Waals surface area contributed by atoms with Gasteiger partial charge < -0.3 is 4.74 Å². The molecule has 1 heterocycles. The van der Waals surface area contributed by atoms with E-state index >= 15 is 0 Å². The lowest BCUT2D eigenvalue weighted by molar-refractivity contribution is -0.148. The van der Waals surface area contributed by atoms with E-state index in [1.807, 2.05) is 13.8 Å². The van der Waals surface area contributed by atoms with Gasteiger partial charge in [-0.05, 0) is 20.8 Å². The fraction of sp³-hybridized carbons (Fsp3) is 0.778. The van der Waals surface area contributed by atoms with Gasteiger partial charge in [0.2, 0.25) is 0 Å². The number of aliphatic imine (C=N–C) groups is 1. The third-order valence-electron chi connectivity index (χ3n) is 1.53. The van der Waals surface area contributed by atoms with Crippen molar-refractivity contribution in [2.45, 2.75) is 32.9 Å². The second-order valence-electron chi connectivity index (χ2n) is 3.25. The van der Waals surface area contributed by atoms with Crippen molar-refractivity contribution in [1.29, 1.82) is 0 Å². The van der Waals surface area contributed by atoms with Crippen LogP contribution in [0.2, 0.25) is 0 Å². The first-order valence-electron chi connectivity index (χ1n) is 4.63. The average molecular weight is 233 g/mol. The Hall–Kier alpha value is -0.160. The van der Waals surface area contributed by atoms with Gasteiger partial charge in [0.15, 0.2) is 0 Å². The highest BCUT2D eigenvalue weighted by atomic mass is 32.2. The summed E-state index contributed by atoms with van der Waals surface area (Å²) in [5.41, 5.74) is 0. The molecule has 0 unspecified atom stereocenters. The molecule has 0 aromatic carbocycles. The van der Waals surface area contributed by atoms with Gasteiger partial charge in [0.1, 0.15) is 10.4 Å². The van der Waals surface area contributed by atoms with Crippen molar-refractivity contribution >= 4 is 33.9 Å². The highest BCUT2D eigenvalue weighted by molar-refractivity contribution is 8.41. The maximum absolute atomic E-state index is 11.4. The monoisotopic (exact) mass is 233 g/mol. The Morgan fingerprint density at radius 2 is 1.93 bits per heavy atom. The number of rotatable bonds is 3. The van der Waals surface area contributed by atoms with E-state index in [0.717, 1.165) is 15.9 Å². The van der Waals surface area contributed by atoms with E-state index in [4.69, 9.17) is 4.74 Å². The van der Waals surface area contributed by atoms with Crippen LogP contribution in [-0.2, 0) is 9.53 Å². The number of thioether (sulfide) groups is 2. The van der Waals surface area contributed by atoms with E-state index in [0.29, 0.717) is 0 Å². The lowest BCUT2D eigenvalue weighted by Crippen LogP contribution is -2.22. The minimum Gasteiger partial charge on any atom is -0.461 e. The van der Waals surface area contributed by atoms with Crippen LogP contribution in [0.25, 0.3) is 0 Å². The Kier molecular flexibility index (Phi) is 4.81. The van der Waals surface area contributed by atoms with E-state index in [9.17, 15) is 4.79 Å². The number of hydrogen-bond acceptors (Lipinski definition) is 5. The van der Waals surface area contributed by atoms with Crippen LogP contribution in [-0.4, -0.2) is 34.0 Å². The van der Waals surface area contributed by atoms with E-state index < -0.39 is 0 Å². The largest absolute Gasteiger partial charge is 0.461 e. The summed E-state index contributed by atoms with van der Waals surface area (Å²) >= 11 is 3.42. The summed E-state index contributed by atoms with van der Waals surface area (Å²) in [5, 5.41) is 0. The number of carbonyl (C=O) groups is 1. The molecule has 14 heavy (non-hydrogen) atoms. The Morgan fingerprint density at radius 1 is 1.36 bits per heavy atom. The summed E-state index contributed by atoms with van der Waals surface area (Å²) in [6, 6.07) is -0.370. The molecule has 0 aliphatic carbocycles. The van der Waals surface area contributed by atoms with Gasteiger partial charge in [0, 0.05) is 11.5 Å². The minimum atomic E-state index is -0.370. The van der Waals surface area contributed by atoms with Crippen LogP contribution in [0.4, 0.5) is 0 Å². The molecule has 3 nitrogen and oxygen atoms in total. The number of nitrogens with zero attached hydrogens (tertiary/aromatic N) is 1. The van der Waals surface area contributed by atoms with Gasteiger partial charge in [0.25, 0.3) is 0 Å². The highest BCUT2D eigenvalue weighted by Crippen LogP contribution is 2.26. The van der Waals surface area contributed by atoms with Gasteiger partial charge in [-0.15, -0.1) is 0 Å². The highest BCUT2D eigenvalue weighted by Gasteiger charge is 2.17. The van der Waals surface area contributed by atoms with Crippen molar-refractivity contribution in [2.24, 2.45) is 4.99 Å². The summed E-state index contributed by atoms with van der Waals surface area (Å²) in [5.74, 6) is 1.95. The Morgan fingerprint density at radius 3 is 2.43 bits per heavy atom. The first kappa shape index (κ1) is 11.9. The third kappa shape index (κ3) is 3.92. The zero-order chi connectivity index (χ0) is 10.6. The molecule has 0 saturated carbocycles. The predicted octanol–water partition coefficient (Wildman–Crippen LogP) is 2.16. The maximum Gasteiger partial charge on any atom is 0.330 e. The van der Waals surface area contributed by atoms with Crippen LogP contribution in [0.5, 0.6) is 0 Å². The van der Waals surface area contributed by atoms with Crippen LogP contribution >= 0.6 is 23.5 Å². The molecule has 5 heteroatoms. The second kappa shape index (κ2) is 5.66. The molecule has 1 aliphatic heterocycles. The van der Waals surface area contributed by atoms with Gasteiger partial charge in [-0.1, -0.05) is 23.5 Å². The molecule has 1 saturated heterocycles. The number of ether oxygens (including phenoxy) is 1. The van der Waals surface area contributed by atoms with Crippen molar-refractivity contribution < 1.29 is 9.53 Å². The first-order valence-corrected chi connectivity index (χ1v) is 6.60. The average Bonchev–Trinajstić information content (AvgIpc) is 2.55. The first-order chi connectivity index (χ1) is 6.59. The molecule has 0 bridgehead atoms. The summed E-state index contributed by atoms with van der Waals surface area (Å²) < 4.78 is 6.07. The normalized spacial score (nSPS) is 18.4. The SMILES string of the molecule is CC(C)OC(=O)[C@H](C)N=C1SCCS1. The number of carbonyl (C=O) groups excluding carboxylic acids is 1. The molecule has 0 aromatic rings. The molecule has 1 fully saturated rings. The van der Waals surface area contributed by atoms with Crippen LogP contribution in [0.3, 0.4) is 0 Å². The van der Waals surface area contributed by atoms with Gasteiger partial charge in [-0.2, -0.15) is 0 Å². The standard InChI is InChI=1S/C9H15NO2S2/c1-6(2)12-8(11)7(3)10-9-13-4-5-14-9/h6-7H,4-5H2,1-3H3/t7-/m0/s1. The molecule has 0 amide bonds. The maximum atomic E-state index is 11.4. The van der Waals surface area contributed by atoms with Crippen molar-refractivity contribution in [1.82, 2.24) is 0 Å². The molecule has 0 N–H and O–H groups in total. The summed E-state index contributed by atoms with van der Waals surface area (Å²) in [4.78, 5) is 15.7. The van der Waals surface area contributed by atoms with E-state index in [2.05, 4.69) is 4.99 Å². The van der Waals surface area contributed by atoms with E-state index in [1.165, 1.54) is 0 Å². The Balaban J connectivity index is 2.43. The summed E-state index contributed by atoms with van der Waals surface area (Å²) in [6.07, 6.45) is -0.0611. The molecule has 0 spiro atoms. The third-order valence-corrected chi connectivity index (χ3v) is 4.01. The second-order valence-corrected chi connectivity index (χ2v) is 5.68. The van der Waals surface area contributed by atoms with E-state index in [-0.39, 0.29) is 18.1 Å². The van der Waals surface area contributed by atoms with Crippen molar-refractivity contribution in [3.63, 3.8) is 0 Å². The van der Waals surface area contributed by atoms with Crippen LogP contribution < -0.4 is 0 Å². The van der Waals surface area contributed by atoms with Crippen LogP contribution in [0, 0.1) is 0 Å². The molecular formula is C9H15NO2S2. The molecular weight excluding hydrogens is 218 g/mol.